The van der Waals surface area contributed by atoms with E-state index >= 15 is 0 Å². The highest BCUT2D eigenvalue weighted by molar-refractivity contribution is 7.89. The predicted octanol–water partition coefficient (Wildman–Crippen LogP) is 5.84. The summed E-state index contributed by atoms with van der Waals surface area (Å²) in [4.78, 5) is 12.6. The number of hydrogen-bond donors (Lipinski definition) is 1. The summed E-state index contributed by atoms with van der Waals surface area (Å²) >= 11 is 11.4. The number of rotatable bonds is 7. The summed E-state index contributed by atoms with van der Waals surface area (Å²) in [5.41, 5.74) is -0.661. The van der Waals surface area contributed by atoms with Crippen LogP contribution in [0.2, 0.25) is 10.0 Å². The largest absolute Gasteiger partial charge is 0.417 e. The van der Waals surface area contributed by atoms with E-state index in [2.05, 4.69) is 5.32 Å². The van der Waals surface area contributed by atoms with Gasteiger partial charge in [0.25, 0.3) is 0 Å². The fraction of sp³-hybridized carbons (Fsp3) is 0.136. The lowest BCUT2D eigenvalue weighted by Gasteiger charge is -2.22. The maximum Gasteiger partial charge on any atom is 0.417 e. The molecule has 11 heteroatoms. The van der Waals surface area contributed by atoms with Gasteiger partial charge in [0.2, 0.25) is 15.9 Å². The van der Waals surface area contributed by atoms with Crippen molar-refractivity contribution in [2.75, 3.05) is 11.9 Å². The highest BCUT2D eigenvalue weighted by Crippen LogP contribution is 2.36. The van der Waals surface area contributed by atoms with Crippen molar-refractivity contribution >= 4 is 44.8 Å². The summed E-state index contributed by atoms with van der Waals surface area (Å²) in [7, 11) is -4.13. The van der Waals surface area contributed by atoms with E-state index in [0.29, 0.717) is 16.7 Å². The molecule has 0 spiro atoms. The molecule has 3 aromatic carbocycles. The molecule has 5 nitrogen and oxygen atoms in total. The topological polar surface area (TPSA) is 66.5 Å². The predicted molar refractivity (Wildman–Crippen MR) is 121 cm³/mol. The van der Waals surface area contributed by atoms with Crippen molar-refractivity contribution in [1.82, 2.24) is 4.31 Å². The standard InChI is InChI=1S/C22H17Cl2F3N2O3S/c23-16-6-9-18(10-7-16)33(31,32)29(13-15-4-2-1-3-5-15)14-21(30)28-17-8-11-20(24)19(12-17)22(25,26)27/h1-12H,13-14H2,(H,28,30). The molecule has 0 saturated carbocycles. The third-order valence-electron chi connectivity index (χ3n) is 4.53. The van der Waals surface area contributed by atoms with Crippen LogP contribution in [0.25, 0.3) is 0 Å². The number of nitrogens with one attached hydrogen (secondary N) is 1. The number of sulfonamides is 1. The van der Waals surface area contributed by atoms with Gasteiger partial charge in [-0.1, -0.05) is 53.5 Å². The van der Waals surface area contributed by atoms with Crippen molar-refractivity contribution in [2.45, 2.75) is 17.6 Å². The minimum Gasteiger partial charge on any atom is -0.325 e. The van der Waals surface area contributed by atoms with Gasteiger partial charge < -0.3 is 5.32 Å². The Morgan fingerprint density at radius 2 is 1.58 bits per heavy atom. The average Bonchev–Trinajstić information content (AvgIpc) is 2.75. The zero-order valence-corrected chi connectivity index (χ0v) is 19.1. The molecule has 0 aliphatic carbocycles. The Labute approximate surface area is 198 Å². The molecule has 0 aromatic heterocycles. The number of alkyl halides is 3. The van der Waals surface area contributed by atoms with Crippen molar-refractivity contribution < 1.29 is 26.4 Å². The van der Waals surface area contributed by atoms with Gasteiger partial charge in [-0.25, -0.2) is 8.42 Å². The smallest absolute Gasteiger partial charge is 0.325 e. The molecule has 1 N–H and O–H groups in total. The van der Waals surface area contributed by atoms with Crippen LogP contribution in [0.15, 0.2) is 77.7 Å². The monoisotopic (exact) mass is 516 g/mol. The summed E-state index contributed by atoms with van der Waals surface area (Å²) in [6, 6.07) is 16.9. The van der Waals surface area contributed by atoms with Crippen LogP contribution in [-0.4, -0.2) is 25.2 Å². The maximum absolute atomic E-state index is 13.2. The Morgan fingerprint density at radius 3 is 2.18 bits per heavy atom. The Kier molecular flexibility index (Phi) is 7.69. The number of nitrogens with zero attached hydrogens (tertiary/aromatic N) is 1. The number of carbonyl (C=O) groups is 1. The second kappa shape index (κ2) is 10.1. The van der Waals surface area contributed by atoms with Gasteiger partial charge in [-0.2, -0.15) is 17.5 Å². The summed E-state index contributed by atoms with van der Waals surface area (Å²) in [6.07, 6.45) is -4.71. The van der Waals surface area contributed by atoms with Gasteiger partial charge in [-0.15, -0.1) is 0 Å². The number of halogens is 5. The van der Waals surface area contributed by atoms with Crippen LogP contribution < -0.4 is 5.32 Å². The molecule has 3 rings (SSSR count). The summed E-state index contributed by atoms with van der Waals surface area (Å²) in [5.74, 6) is -0.820. The van der Waals surface area contributed by atoms with Crippen molar-refractivity contribution in [2.24, 2.45) is 0 Å². The SMILES string of the molecule is O=C(CN(Cc1ccccc1)S(=O)(=O)c1ccc(Cl)cc1)Nc1ccc(Cl)c(C(F)(F)F)c1. The average molecular weight is 517 g/mol. The zero-order chi connectivity index (χ0) is 24.2. The Balaban J connectivity index is 1.87. The van der Waals surface area contributed by atoms with Crippen molar-refractivity contribution in [1.29, 1.82) is 0 Å². The van der Waals surface area contributed by atoms with Crippen LogP contribution in [0.1, 0.15) is 11.1 Å². The highest BCUT2D eigenvalue weighted by Gasteiger charge is 2.33. The van der Waals surface area contributed by atoms with Crippen LogP contribution >= 0.6 is 23.2 Å². The fourth-order valence-electron chi connectivity index (χ4n) is 2.95. The molecule has 0 aliphatic rings. The molecule has 0 fully saturated rings. The quantitative estimate of drug-likeness (QED) is 0.428. The molecular formula is C22H17Cl2F3N2O3S. The van der Waals surface area contributed by atoms with Gasteiger partial charge in [0.1, 0.15) is 0 Å². The maximum atomic E-state index is 13.2. The molecule has 0 saturated heterocycles. The number of anilines is 1. The molecule has 0 unspecified atom stereocenters. The molecule has 0 aliphatic heterocycles. The second-order valence-electron chi connectivity index (χ2n) is 6.95. The Hall–Kier alpha value is -2.59. The minimum absolute atomic E-state index is 0.0820. The molecule has 0 radical (unpaired) electrons. The van der Waals surface area contributed by atoms with Crippen LogP contribution in [0.5, 0.6) is 0 Å². The number of carbonyl (C=O) groups excluding carboxylic acids is 1. The Bertz CT molecular complexity index is 1240. The van der Waals surface area contributed by atoms with E-state index in [4.69, 9.17) is 23.2 Å². The molecule has 174 valence electrons. The third kappa shape index (κ3) is 6.48. The number of hydrogen-bond acceptors (Lipinski definition) is 3. The van der Waals surface area contributed by atoms with Gasteiger partial charge >= 0.3 is 6.18 Å². The van der Waals surface area contributed by atoms with Crippen molar-refractivity contribution in [3.63, 3.8) is 0 Å². The first-order valence-electron chi connectivity index (χ1n) is 9.43. The molecule has 1 amide bonds. The van der Waals surface area contributed by atoms with Crippen LogP contribution in [0, 0.1) is 0 Å². The van der Waals surface area contributed by atoms with E-state index in [9.17, 15) is 26.4 Å². The molecular weight excluding hydrogens is 500 g/mol. The zero-order valence-electron chi connectivity index (χ0n) is 16.8. The van der Waals surface area contributed by atoms with Crippen molar-refractivity contribution in [3.8, 4) is 0 Å². The number of amides is 1. The van der Waals surface area contributed by atoms with Crippen LogP contribution in [0.4, 0.5) is 18.9 Å². The normalized spacial score (nSPS) is 12.1. The summed E-state index contributed by atoms with van der Waals surface area (Å²) < 4.78 is 66.6. The van der Waals surface area contributed by atoms with Gasteiger partial charge in [0.15, 0.2) is 0 Å². The van der Waals surface area contributed by atoms with Crippen LogP contribution in [-0.2, 0) is 27.5 Å². The first kappa shape index (κ1) is 25.0. The lowest BCUT2D eigenvalue weighted by atomic mass is 10.2. The van der Waals surface area contributed by atoms with E-state index in [1.165, 1.54) is 30.3 Å². The highest BCUT2D eigenvalue weighted by atomic mass is 35.5. The van der Waals surface area contributed by atoms with E-state index in [0.717, 1.165) is 10.4 Å². The van der Waals surface area contributed by atoms with Crippen molar-refractivity contribution in [3.05, 3.63) is 94.0 Å². The Morgan fingerprint density at radius 1 is 0.939 bits per heavy atom. The molecule has 0 atom stereocenters. The van der Waals surface area contributed by atoms with E-state index in [-0.39, 0.29) is 17.1 Å². The van der Waals surface area contributed by atoms with Crippen LogP contribution in [0.3, 0.4) is 0 Å². The van der Waals surface area contributed by atoms with Gasteiger partial charge in [-0.3, -0.25) is 4.79 Å². The first-order valence-corrected chi connectivity index (χ1v) is 11.6. The molecule has 0 bridgehead atoms. The fourth-order valence-corrected chi connectivity index (χ4v) is 4.68. The van der Waals surface area contributed by atoms with Gasteiger partial charge in [0.05, 0.1) is 22.0 Å². The number of benzene rings is 3. The lowest BCUT2D eigenvalue weighted by Crippen LogP contribution is -2.37. The third-order valence-corrected chi connectivity index (χ3v) is 6.92. The minimum atomic E-state index is -4.71. The van der Waals surface area contributed by atoms with Gasteiger partial charge in [-0.05, 0) is 48.0 Å². The molecule has 3 aromatic rings. The van der Waals surface area contributed by atoms with E-state index < -0.39 is 39.2 Å². The van der Waals surface area contributed by atoms with Gasteiger partial charge in [0, 0.05) is 17.3 Å². The molecule has 0 heterocycles. The molecule has 33 heavy (non-hydrogen) atoms. The first-order chi connectivity index (χ1) is 15.5. The van der Waals surface area contributed by atoms with E-state index in [1.54, 1.807) is 30.3 Å². The van der Waals surface area contributed by atoms with E-state index in [1.807, 2.05) is 0 Å². The second-order valence-corrected chi connectivity index (χ2v) is 9.73. The lowest BCUT2D eigenvalue weighted by molar-refractivity contribution is -0.137. The summed E-state index contributed by atoms with van der Waals surface area (Å²) in [5, 5.41) is 2.13. The summed E-state index contributed by atoms with van der Waals surface area (Å²) in [6.45, 7) is -0.766.